The molecule has 2 aliphatic carbocycles. The molecule has 0 aromatic heterocycles. The number of hydrogen-bond donors (Lipinski definition) is 2. The second-order valence-corrected chi connectivity index (χ2v) is 9.69. The molecule has 30 heavy (non-hydrogen) atoms. The molecule has 4 aliphatic rings. The topological polar surface area (TPSA) is 50.4 Å². The third kappa shape index (κ3) is 2.54. The first-order valence-corrected chi connectivity index (χ1v) is 11.4. The maximum atomic E-state index is 13.0. The lowest BCUT2D eigenvalue weighted by molar-refractivity contribution is 0.0966. The van der Waals surface area contributed by atoms with Gasteiger partial charge in [0.25, 0.3) is 5.91 Å². The van der Waals surface area contributed by atoms with Crippen molar-refractivity contribution in [2.45, 2.75) is 51.3 Å². The average molecular weight is 463 g/mol. The molecule has 6 rings (SSSR count). The molecule has 0 saturated heterocycles. The van der Waals surface area contributed by atoms with Crippen LogP contribution in [0.15, 0.2) is 40.9 Å². The van der Waals surface area contributed by atoms with E-state index >= 15 is 0 Å². The molecular weight excluding hydrogens is 440 g/mol. The standard InChI is InChI=1S/C25H23BrN2O2/c1-12(2)30-15-5-7-16-13(9-15)3-6-17-21(16)23-19(11-27-25(23)29)22-18-10-14(26)4-8-20(18)28-24(17)22/h4-5,7-10,12,18,20,28H,3,6,11H2,1-2H3,(H,27,29). The number of benzene rings is 2. The van der Waals surface area contributed by atoms with Gasteiger partial charge in [0.2, 0.25) is 0 Å². The van der Waals surface area contributed by atoms with Crippen molar-refractivity contribution in [2.24, 2.45) is 0 Å². The molecule has 0 fully saturated rings. The molecule has 5 heteroatoms. The summed E-state index contributed by atoms with van der Waals surface area (Å²) in [7, 11) is 0. The zero-order valence-electron chi connectivity index (χ0n) is 17.0. The van der Waals surface area contributed by atoms with Crippen LogP contribution in [0.25, 0.3) is 11.1 Å². The van der Waals surface area contributed by atoms with Gasteiger partial charge < -0.3 is 15.4 Å². The zero-order valence-corrected chi connectivity index (χ0v) is 18.6. The van der Waals surface area contributed by atoms with E-state index in [0.29, 0.717) is 6.54 Å². The Bertz CT molecular complexity index is 1180. The van der Waals surface area contributed by atoms with Crippen molar-refractivity contribution in [2.75, 3.05) is 5.32 Å². The number of carbonyl (C=O) groups is 1. The van der Waals surface area contributed by atoms with Gasteiger partial charge in [-0.25, -0.2) is 0 Å². The van der Waals surface area contributed by atoms with Gasteiger partial charge in [0.15, 0.2) is 0 Å². The number of halogens is 1. The van der Waals surface area contributed by atoms with E-state index in [9.17, 15) is 4.79 Å². The van der Waals surface area contributed by atoms with Gasteiger partial charge in [-0.3, -0.25) is 4.79 Å². The maximum absolute atomic E-state index is 13.0. The molecule has 2 aliphatic heterocycles. The molecule has 152 valence electrons. The summed E-state index contributed by atoms with van der Waals surface area (Å²) in [5, 5.41) is 6.88. The van der Waals surface area contributed by atoms with Gasteiger partial charge in [-0.1, -0.05) is 40.2 Å². The minimum absolute atomic E-state index is 0.0530. The highest BCUT2D eigenvalue weighted by Gasteiger charge is 2.41. The first kappa shape index (κ1) is 18.3. The van der Waals surface area contributed by atoms with Gasteiger partial charge in [-0.2, -0.15) is 0 Å². The van der Waals surface area contributed by atoms with E-state index in [-0.39, 0.29) is 24.0 Å². The van der Waals surface area contributed by atoms with Crippen LogP contribution in [-0.2, 0) is 19.4 Å². The van der Waals surface area contributed by atoms with Gasteiger partial charge in [0.05, 0.1) is 17.7 Å². The van der Waals surface area contributed by atoms with E-state index in [1.54, 1.807) is 0 Å². The lowest BCUT2D eigenvalue weighted by Gasteiger charge is -2.26. The highest BCUT2D eigenvalue weighted by atomic mass is 79.9. The van der Waals surface area contributed by atoms with Crippen LogP contribution in [0.2, 0.25) is 0 Å². The van der Waals surface area contributed by atoms with Crippen molar-refractivity contribution in [3.05, 3.63) is 68.7 Å². The Morgan fingerprint density at radius 1 is 1.17 bits per heavy atom. The van der Waals surface area contributed by atoms with Crippen LogP contribution in [0.4, 0.5) is 5.69 Å². The highest BCUT2D eigenvalue weighted by molar-refractivity contribution is 9.11. The maximum Gasteiger partial charge on any atom is 0.252 e. The molecule has 1 amide bonds. The molecule has 4 nitrogen and oxygen atoms in total. The predicted molar refractivity (Wildman–Crippen MR) is 123 cm³/mol. The Balaban J connectivity index is 1.58. The summed E-state index contributed by atoms with van der Waals surface area (Å²) in [6.45, 7) is 4.69. The Morgan fingerprint density at radius 2 is 2.03 bits per heavy atom. The Labute approximate surface area is 184 Å². The summed E-state index contributed by atoms with van der Waals surface area (Å²) in [5.74, 6) is 1.21. The number of allylic oxidation sites excluding steroid dienone is 2. The summed E-state index contributed by atoms with van der Waals surface area (Å²) in [4.78, 5) is 13.0. The van der Waals surface area contributed by atoms with Crippen LogP contribution >= 0.6 is 15.9 Å². The monoisotopic (exact) mass is 462 g/mol. The molecule has 2 unspecified atom stereocenters. The molecule has 0 bridgehead atoms. The van der Waals surface area contributed by atoms with Gasteiger partial charge in [0, 0.05) is 28.2 Å². The van der Waals surface area contributed by atoms with Crippen molar-refractivity contribution in [3.8, 4) is 16.9 Å². The van der Waals surface area contributed by atoms with Crippen molar-refractivity contribution < 1.29 is 9.53 Å². The Kier molecular flexibility index (Phi) is 3.94. The van der Waals surface area contributed by atoms with Crippen LogP contribution in [0, 0.1) is 0 Å². The van der Waals surface area contributed by atoms with Gasteiger partial charge in [0.1, 0.15) is 5.75 Å². The average Bonchev–Trinajstić information content (AvgIpc) is 3.27. The quantitative estimate of drug-likeness (QED) is 0.643. The van der Waals surface area contributed by atoms with Crippen molar-refractivity contribution in [1.29, 1.82) is 0 Å². The summed E-state index contributed by atoms with van der Waals surface area (Å²) < 4.78 is 7.02. The van der Waals surface area contributed by atoms with Crippen LogP contribution in [0.3, 0.4) is 0 Å². The second kappa shape index (κ2) is 6.48. The second-order valence-electron chi connectivity index (χ2n) is 8.77. The summed E-state index contributed by atoms with van der Waals surface area (Å²) >= 11 is 3.64. The molecule has 2 atom stereocenters. The lowest BCUT2D eigenvalue weighted by Crippen LogP contribution is -2.19. The number of aryl methyl sites for hydroxylation is 1. The molecular formula is C25H23BrN2O2. The van der Waals surface area contributed by atoms with Gasteiger partial charge in [-0.05, 0) is 66.6 Å². The fraction of sp³-hybridized carbons (Fsp3) is 0.320. The summed E-state index contributed by atoms with van der Waals surface area (Å²) in [5.41, 5.74) is 9.43. The normalized spacial score (nSPS) is 22.4. The summed E-state index contributed by atoms with van der Waals surface area (Å²) in [6, 6.07) is 6.58. The summed E-state index contributed by atoms with van der Waals surface area (Å²) in [6.07, 6.45) is 8.64. The van der Waals surface area contributed by atoms with Crippen molar-refractivity contribution in [3.63, 3.8) is 0 Å². The first-order chi connectivity index (χ1) is 14.5. The van der Waals surface area contributed by atoms with Crippen LogP contribution < -0.4 is 15.4 Å². The van der Waals surface area contributed by atoms with Gasteiger partial charge in [-0.15, -0.1) is 0 Å². The fourth-order valence-electron chi connectivity index (χ4n) is 5.49. The number of rotatable bonds is 2. The third-order valence-electron chi connectivity index (χ3n) is 6.60. The third-order valence-corrected chi connectivity index (χ3v) is 7.13. The highest BCUT2D eigenvalue weighted by Crippen LogP contribution is 2.52. The van der Waals surface area contributed by atoms with Crippen molar-refractivity contribution >= 4 is 27.5 Å². The number of fused-ring (bicyclic) bond motifs is 10. The number of carbonyl (C=O) groups excluding carboxylic acids is 1. The number of anilines is 1. The molecule has 0 saturated carbocycles. The fourth-order valence-corrected chi connectivity index (χ4v) is 5.92. The number of ether oxygens (including phenoxy) is 1. The van der Waals surface area contributed by atoms with E-state index in [0.717, 1.165) is 39.8 Å². The largest absolute Gasteiger partial charge is 0.491 e. The van der Waals surface area contributed by atoms with Crippen LogP contribution in [0.5, 0.6) is 5.75 Å². The number of nitrogens with one attached hydrogen (secondary N) is 2. The molecule has 0 radical (unpaired) electrons. The molecule has 0 spiro atoms. The first-order valence-electron chi connectivity index (χ1n) is 10.6. The molecule has 2 N–H and O–H groups in total. The van der Waals surface area contributed by atoms with E-state index in [1.165, 1.54) is 27.9 Å². The van der Waals surface area contributed by atoms with E-state index < -0.39 is 0 Å². The van der Waals surface area contributed by atoms with Crippen LogP contribution in [0.1, 0.15) is 52.4 Å². The minimum atomic E-state index is 0.0530. The predicted octanol–water partition coefficient (Wildman–Crippen LogP) is 5.21. The van der Waals surface area contributed by atoms with E-state index in [4.69, 9.17) is 4.74 Å². The van der Waals surface area contributed by atoms with Crippen LogP contribution in [-0.4, -0.2) is 18.1 Å². The molecule has 2 heterocycles. The smallest absolute Gasteiger partial charge is 0.252 e. The Morgan fingerprint density at radius 3 is 2.87 bits per heavy atom. The minimum Gasteiger partial charge on any atom is -0.491 e. The van der Waals surface area contributed by atoms with E-state index in [2.05, 4.69) is 56.9 Å². The SMILES string of the molecule is CC(C)Oc1ccc2c(c1)CCc1c3c(c4c(c1-2)C(=O)NC4)C1C=C(Br)C=CC1N3. The van der Waals surface area contributed by atoms with Crippen molar-refractivity contribution in [1.82, 2.24) is 5.32 Å². The zero-order chi connectivity index (χ0) is 20.6. The molecule has 2 aromatic carbocycles. The number of hydrogen-bond acceptors (Lipinski definition) is 3. The lowest BCUT2D eigenvalue weighted by atomic mass is 9.77. The molecule has 2 aromatic rings. The van der Waals surface area contributed by atoms with E-state index in [1.807, 2.05) is 19.9 Å². The Hall–Kier alpha value is -2.53. The number of amides is 1. The van der Waals surface area contributed by atoms with Gasteiger partial charge >= 0.3 is 0 Å².